The van der Waals surface area contributed by atoms with E-state index in [9.17, 15) is 4.79 Å². The van der Waals surface area contributed by atoms with Gasteiger partial charge in [0.05, 0.1) is 0 Å². The van der Waals surface area contributed by atoms with Gasteiger partial charge in [-0.2, -0.15) is 0 Å². The molecule has 0 unspecified atom stereocenters. The lowest BCUT2D eigenvalue weighted by Gasteiger charge is -2.23. The summed E-state index contributed by atoms with van der Waals surface area (Å²) in [4.78, 5) is 14.8. The van der Waals surface area contributed by atoms with Gasteiger partial charge in [-0.1, -0.05) is 28.1 Å². The number of rotatable bonds is 4. The number of benzene rings is 2. The van der Waals surface area contributed by atoms with Crippen LogP contribution in [0, 0.1) is 0 Å². The molecular weight excluding hydrogens is 358 g/mol. The van der Waals surface area contributed by atoms with Crippen molar-refractivity contribution >= 4 is 21.8 Å². The summed E-state index contributed by atoms with van der Waals surface area (Å²) in [7, 11) is 0. The number of nitrogens with zero attached hydrogens (tertiary/aromatic N) is 1. The molecule has 0 N–H and O–H groups in total. The van der Waals surface area contributed by atoms with Crippen molar-refractivity contribution in [3.05, 3.63) is 58.1 Å². The molecule has 0 atom stereocenters. The molecule has 4 nitrogen and oxygen atoms in total. The molecule has 2 aromatic carbocycles. The van der Waals surface area contributed by atoms with Gasteiger partial charge in [-0.15, -0.1) is 0 Å². The number of hydrogen-bond donors (Lipinski definition) is 0. The van der Waals surface area contributed by atoms with Crippen molar-refractivity contribution in [3.8, 4) is 11.5 Å². The molecule has 23 heavy (non-hydrogen) atoms. The highest BCUT2D eigenvalue weighted by atomic mass is 79.9. The number of fused-ring (bicyclic) bond motifs is 1. The zero-order chi connectivity index (χ0) is 15.8. The Kier molecular flexibility index (Phi) is 3.73. The molecule has 0 saturated heterocycles. The van der Waals surface area contributed by atoms with Gasteiger partial charge in [-0.05, 0) is 48.7 Å². The maximum absolute atomic E-state index is 12.9. The first-order valence-electron chi connectivity index (χ1n) is 7.66. The maximum atomic E-state index is 12.9. The first-order valence-corrected chi connectivity index (χ1v) is 8.45. The highest BCUT2D eigenvalue weighted by Crippen LogP contribution is 2.35. The molecule has 2 aliphatic rings. The highest BCUT2D eigenvalue weighted by Gasteiger charge is 2.33. The standard InChI is InChI=1S/C18H16BrNO3/c19-14-3-1-2-13(9-14)18(21)20(15-5-6-15)10-12-4-7-16-17(8-12)23-11-22-16/h1-4,7-9,15H,5-6,10-11H2. The summed E-state index contributed by atoms with van der Waals surface area (Å²) in [5.41, 5.74) is 1.77. The fraction of sp³-hybridized carbons (Fsp3) is 0.278. The fourth-order valence-corrected chi connectivity index (χ4v) is 3.18. The van der Waals surface area contributed by atoms with Crippen LogP contribution in [0.15, 0.2) is 46.9 Å². The number of halogens is 1. The van der Waals surface area contributed by atoms with Crippen LogP contribution in [-0.2, 0) is 6.54 Å². The fourth-order valence-electron chi connectivity index (χ4n) is 2.78. The van der Waals surface area contributed by atoms with Gasteiger partial charge < -0.3 is 14.4 Å². The smallest absolute Gasteiger partial charge is 0.254 e. The molecular formula is C18H16BrNO3. The van der Waals surface area contributed by atoms with E-state index in [0.717, 1.165) is 34.4 Å². The minimum Gasteiger partial charge on any atom is -0.454 e. The predicted molar refractivity (Wildman–Crippen MR) is 89.6 cm³/mol. The average molecular weight is 374 g/mol. The molecule has 1 aliphatic heterocycles. The van der Waals surface area contributed by atoms with Gasteiger partial charge in [0.15, 0.2) is 11.5 Å². The Morgan fingerprint density at radius 1 is 1.13 bits per heavy atom. The van der Waals surface area contributed by atoms with Crippen molar-refractivity contribution in [1.29, 1.82) is 0 Å². The molecule has 0 spiro atoms. The minimum absolute atomic E-state index is 0.0754. The largest absolute Gasteiger partial charge is 0.454 e. The van der Waals surface area contributed by atoms with Gasteiger partial charge in [-0.25, -0.2) is 0 Å². The van der Waals surface area contributed by atoms with Crippen LogP contribution in [0.1, 0.15) is 28.8 Å². The first-order chi connectivity index (χ1) is 11.2. The molecule has 1 saturated carbocycles. The van der Waals surface area contributed by atoms with E-state index in [-0.39, 0.29) is 12.7 Å². The van der Waals surface area contributed by atoms with Crippen molar-refractivity contribution in [1.82, 2.24) is 4.90 Å². The lowest BCUT2D eigenvalue weighted by atomic mass is 10.1. The van der Waals surface area contributed by atoms with Gasteiger partial charge in [0.1, 0.15) is 0 Å². The third kappa shape index (κ3) is 3.06. The summed E-state index contributed by atoms with van der Waals surface area (Å²) in [6.45, 7) is 0.856. The van der Waals surface area contributed by atoms with Crippen LogP contribution in [0.5, 0.6) is 11.5 Å². The zero-order valence-corrected chi connectivity index (χ0v) is 14.1. The molecule has 118 valence electrons. The summed E-state index contributed by atoms with van der Waals surface area (Å²) in [5.74, 6) is 1.60. The van der Waals surface area contributed by atoms with Crippen LogP contribution < -0.4 is 9.47 Å². The third-order valence-corrected chi connectivity index (χ3v) is 4.60. The molecule has 5 heteroatoms. The van der Waals surface area contributed by atoms with E-state index in [1.165, 1.54) is 0 Å². The number of carbonyl (C=O) groups excluding carboxylic acids is 1. The monoisotopic (exact) mass is 373 g/mol. The summed E-state index contributed by atoms with van der Waals surface area (Å²) in [6, 6.07) is 13.8. The highest BCUT2D eigenvalue weighted by molar-refractivity contribution is 9.10. The van der Waals surface area contributed by atoms with Gasteiger partial charge in [0.2, 0.25) is 6.79 Å². The second-order valence-electron chi connectivity index (χ2n) is 5.86. The Bertz CT molecular complexity index is 758. The lowest BCUT2D eigenvalue weighted by molar-refractivity contribution is 0.0729. The summed E-state index contributed by atoms with van der Waals surface area (Å²) < 4.78 is 11.7. The average Bonchev–Trinajstić information content (AvgIpc) is 3.29. The number of ether oxygens (including phenoxy) is 2. The van der Waals surface area contributed by atoms with Crippen molar-refractivity contribution in [2.24, 2.45) is 0 Å². The normalized spacial score (nSPS) is 15.5. The second-order valence-corrected chi connectivity index (χ2v) is 6.78. The Morgan fingerprint density at radius 3 is 2.74 bits per heavy atom. The van der Waals surface area contributed by atoms with Crippen LogP contribution in [0.25, 0.3) is 0 Å². The van der Waals surface area contributed by atoms with Crippen LogP contribution in [0.3, 0.4) is 0 Å². The molecule has 1 aliphatic carbocycles. The SMILES string of the molecule is O=C(c1cccc(Br)c1)N(Cc1ccc2c(c1)OCO2)C1CC1. The molecule has 0 bridgehead atoms. The quantitative estimate of drug-likeness (QED) is 0.813. The lowest BCUT2D eigenvalue weighted by Crippen LogP contribution is -2.32. The minimum atomic E-state index is 0.0754. The number of amides is 1. The Balaban J connectivity index is 1.57. The van der Waals surface area contributed by atoms with E-state index < -0.39 is 0 Å². The molecule has 0 aromatic heterocycles. The Labute approximate surface area is 143 Å². The van der Waals surface area contributed by atoms with Crippen LogP contribution >= 0.6 is 15.9 Å². The summed E-state index contributed by atoms with van der Waals surface area (Å²) in [6.07, 6.45) is 2.15. The van der Waals surface area contributed by atoms with Gasteiger partial charge in [0.25, 0.3) is 5.91 Å². The van der Waals surface area contributed by atoms with Crippen molar-refractivity contribution in [3.63, 3.8) is 0 Å². The van der Waals surface area contributed by atoms with Crippen molar-refractivity contribution < 1.29 is 14.3 Å². The molecule has 2 aromatic rings. The predicted octanol–water partition coefficient (Wildman–Crippen LogP) is 3.98. The van der Waals surface area contributed by atoms with Gasteiger partial charge in [-0.3, -0.25) is 4.79 Å². The molecule has 1 heterocycles. The van der Waals surface area contributed by atoms with E-state index >= 15 is 0 Å². The van der Waals surface area contributed by atoms with E-state index in [0.29, 0.717) is 18.2 Å². The zero-order valence-electron chi connectivity index (χ0n) is 12.5. The van der Waals surface area contributed by atoms with Gasteiger partial charge >= 0.3 is 0 Å². The van der Waals surface area contributed by atoms with Crippen LogP contribution in [0.4, 0.5) is 0 Å². The maximum Gasteiger partial charge on any atom is 0.254 e. The Morgan fingerprint density at radius 2 is 1.96 bits per heavy atom. The molecule has 1 amide bonds. The Hall–Kier alpha value is -2.01. The van der Waals surface area contributed by atoms with Gasteiger partial charge in [0, 0.05) is 22.6 Å². The van der Waals surface area contributed by atoms with Crippen molar-refractivity contribution in [2.75, 3.05) is 6.79 Å². The van der Waals surface area contributed by atoms with E-state index in [1.54, 1.807) is 0 Å². The number of hydrogen-bond acceptors (Lipinski definition) is 3. The summed E-state index contributed by atoms with van der Waals surface area (Å²) in [5, 5.41) is 0. The van der Waals surface area contributed by atoms with E-state index in [2.05, 4.69) is 15.9 Å². The van der Waals surface area contributed by atoms with E-state index in [1.807, 2.05) is 47.4 Å². The summed E-state index contributed by atoms with van der Waals surface area (Å²) >= 11 is 3.43. The molecule has 0 radical (unpaired) electrons. The van der Waals surface area contributed by atoms with Crippen LogP contribution in [-0.4, -0.2) is 23.6 Å². The van der Waals surface area contributed by atoms with Crippen LogP contribution in [0.2, 0.25) is 0 Å². The second kappa shape index (κ2) is 5.89. The van der Waals surface area contributed by atoms with Crippen molar-refractivity contribution in [2.45, 2.75) is 25.4 Å². The molecule has 4 rings (SSSR count). The van der Waals surface area contributed by atoms with E-state index in [4.69, 9.17) is 9.47 Å². The molecule has 1 fully saturated rings. The topological polar surface area (TPSA) is 38.8 Å². The third-order valence-electron chi connectivity index (χ3n) is 4.11. The first kappa shape index (κ1) is 14.6. The number of carbonyl (C=O) groups is 1.